The van der Waals surface area contributed by atoms with Crippen LogP contribution < -0.4 is 0 Å². The third-order valence-corrected chi connectivity index (χ3v) is 5.66. The van der Waals surface area contributed by atoms with E-state index in [0.29, 0.717) is 17.4 Å². The number of carbonyl (C=O) groups is 1. The van der Waals surface area contributed by atoms with Gasteiger partial charge in [-0.1, -0.05) is 58.1 Å². The van der Waals surface area contributed by atoms with Crippen molar-refractivity contribution in [2.75, 3.05) is 7.11 Å². The van der Waals surface area contributed by atoms with Gasteiger partial charge >= 0.3 is 5.97 Å². The molecule has 0 aliphatic rings. The molecule has 28 heavy (non-hydrogen) atoms. The monoisotopic (exact) mass is 393 g/mol. The number of benzene rings is 1. The first-order valence-corrected chi connectivity index (χ1v) is 10.5. The van der Waals surface area contributed by atoms with E-state index in [1.807, 2.05) is 25.1 Å². The maximum atomic E-state index is 13.9. The van der Waals surface area contributed by atoms with Crippen LogP contribution in [-0.4, -0.2) is 17.6 Å². The zero-order chi connectivity index (χ0) is 20.7. The largest absolute Gasteiger partial charge is 0.465 e. The number of hydrogen-bond acceptors (Lipinski definition) is 2. The molecule has 0 amide bonds. The van der Waals surface area contributed by atoms with Crippen molar-refractivity contribution < 1.29 is 18.3 Å². The first kappa shape index (κ1) is 22.4. The number of halogens is 2. The molecular formula is C23H33F2NO2. The number of hydrogen-bond donors (Lipinski definition) is 0. The van der Waals surface area contributed by atoms with E-state index in [9.17, 15) is 13.6 Å². The number of ether oxygens (including phenoxy) is 1. The number of fused-ring (bicyclic) bond motifs is 1. The van der Waals surface area contributed by atoms with E-state index < -0.39 is 12.4 Å². The van der Waals surface area contributed by atoms with Crippen molar-refractivity contribution in [3.05, 3.63) is 35.0 Å². The Morgan fingerprint density at radius 3 is 2.39 bits per heavy atom. The van der Waals surface area contributed by atoms with Gasteiger partial charge in [-0.15, -0.1) is 0 Å². The molecule has 0 bridgehead atoms. The smallest absolute Gasteiger partial charge is 0.340 e. The number of aromatic nitrogens is 1. The highest BCUT2D eigenvalue weighted by Gasteiger charge is 2.30. The van der Waals surface area contributed by atoms with Crippen molar-refractivity contribution in [1.29, 1.82) is 0 Å². The Hall–Kier alpha value is -1.91. The predicted molar refractivity (Wildman–Crippen MR) is 110 cm³/mol. The van der Waals surface area contributed by atoms with Gasteiger partial charge in [0, 0.05) is 17.4 Å². The molecule has 0 aliphatic carbocycles. The van der Waals surface area contributed by atoms with Gasteiger partial charge in [0.05, 0.1) is 12.7 Å². The molecule has 1 heterocycles. The molecule has 0 saturated heterocycles. The van der Waals surface area contributed by atoms with Crippen LogP contribution in [0.25, 0.3) is 10.9 Å². The van der Waals surface area contributed by atoms with Gasteiger partial charge in [0.25, 0.3) is 6.43 Å². The van der Waals surface area contributed by atoms with Gasteiger partial charge < -0.3 is 9.30 Å². The first-order chi connectivity index (χ1) is 13.5. The summed E-state index contributed by atoms with van der Waals surface area (Å²) in [5.74, 6) is -0.440. The van der Waals surface area contributed by atoms with E-state index in [2.05, 4.69) is 13.8 Å². The fourth-order valence-corrected chi connectivity index (χ4v) is 4.24. The number of methoxy groups -OCH3 is 1. The van der Waals surface area contributed by atoms with Crippen LogP contribution in [0.1, 0.15) is 99.7 Å². The Labute approximate surface area is 167 Å². The third-order valence-electron chi connectivity index (χ3n) is 5.66. The highest BCUT2D eigenvalue weighted by molar-refractivity contribution is 6.07. The van der Waals surface area contributed by atoms with Crippen LogP contribution >= 0.6 is 0 Å². The molecule has 0 radical (unpaired) electrons. The molecule has 156 valence electrons. The molecule has 1 unspecified atom stereocenters. The lowest BCUT2D eigenvalue weighted by molar-refractivity contribution is 0.0589. The lowest BCUT2D eigenvalue weighted by atomic mass is 9.87. The van der Waals surface area contributed by atoms with Crippen LogP contribution in [0.5, 0.6) is 0 Å². The first-order valence-electron chi connectivity index (χ1n) is 10.5. The van der Waals surface area contributed by atoms with Crippen LogP contribution in [0.2, 0.25) is 0 Å². The predicted octanol–water partition coefficient (Wildman–Crippen LogP) is 7.24. The second-order valence-corrected chi connectivity index (χ2v) is 7.35. The minimum absolute atomic E-state index is 0.0365. The maximum absolute atomic E-state index is 13.9. The molecule has 0 saturated carbocycles. The summed E-state index contributed by atoms with van der Waals surface area (Å²) in [7, 11) is 1.25. The molecule has 2 rings (SSSR count). The van der Waals surface area contributed by atoms with Gasteiger partial charge in [0.1, 0.15) is 5.69 Å². The highest BCUT2D eigenvalue weighted by atomic mass is 19.3. The Kier molecular flexibility index (Phi) is 8.46. The molecule has 1 aromatic carbocycles. The summed E-state index contributed by atoms with van der Waals surface area (Å²) >= 11 is 0. The normalized spacial score (nSPS) is 12.7. The van der Waals surface area contributed by atoms with Crippen LogP contribution in [0, 0.1) is 0 Å². The standard InChI is InChI=1S/C23H33F2NO2/c1-5-8-9-10-11-13-16(6-2)17-14-12-15-18-19(17)20(23(27)28-4)21(22(24)25)26(18)7-3/h12,14-16,22H,5-11,13H2,1-4H3. The summed E-state index contributed by atoms with van der Waals surface area (Å²) in [5.41, 5.74) is 1.49. The molecule has 0 aliphatic heterocycles. The summed E-state index contributed by atoms with van der Waals surface area (Å²) in [6, 6.07) is 5.73. The molecule has 0 fully saturated rings. The van der Waals surface area contributed by atoms with Crippen LogP contribution in [0.4, 0.5) is 8.78 Å². The molecule has 5 heteroatoms. The molecule has 1 atom stereocenters. The molecule has 3 nitrogen and oxygen atoms in total. The van der Waals surface area contributed by atoms with Gasteiger partial charge in [-0.25, -0.2) is 13.6 Å². The van der Waals surface area contributed by atoms with Crippen molar-refractivity contribution in [1.82, 2.24) is 4.57 Å². The van der Waals surface area contributed by atoms with E-state index >= 15 is 0 Å². The van der Waals surface area contributed by atoms with Crippen LogP contribution in [-0.2, 0) is 11.3 Å². The second kappa shape index (κ2) is 10.6. The second-order valence-electron chi connectivity index (χ2n) is 7.35. The Morgan fingerprint density at radius 1 is 1.11 bits per heavy atom. The fraction of sp³-hybridized carbons (Fsp3) is 0.609. The number of esters is 1. The number of unbranched alkanes of at least 4 members (excludes halogenated alkanes) is 4. The number of carbonyl (C=O) groups excluding carboxylic acids is 1. The maximum Gasteiger partial charge on any atom is 0.340 e. The van der Waals surface area contributed by atoms with Crippen molar-refractivity contribution in [2.45, 2.75) is 84.6 Å². The minimum atomic E-state index is -2.73. The summed E-state index contributed by atoms with van der Waals surface area (Å²) in [6.07, 6.45) is 5.16. The van der Waals surface area contributed by atoms with Crippen molar-refractivity contribution in [2.24, 2.45) is 0 Å². The molecular weight excluding hydrogens is 360 g/mol. The summed E-state index contributed by atoms with van der Waals surface area (Å²) in [4.78, 5) is 12.5. The van der Waals surface area contributed by atoms with E-state index in [0.717, 1.165) is 24.8 Å². The molecule has 1 aromatic heterocycles. The Morgan fingerprint density at radius 2 is 1.82 bits per heavy atom. The third kappa shape index (κ3) is 4.56. The number of aryl methyl sites for hydroxylation is 1. The lowest BCUT2D eigenvalue weighted by Crippen LogP contribution is -2.09. The van der Waals surface area contributed by atoms with E-state index in [-0.39, 0.29) is 17.2 Å². The molecule has 2 aromatic rings. The number of alkyl halides is 2. The van der Waals surface area contributed by atoms with E-state index in [4.69, 9.17) is 4.74 Å². The fourth-order valence-electron chi connectivity index (χ4n) is 4.24. The van der Waals surface area contributed by atoms with Crippen LogP contribution in [0.15, 0.2) is 18.2 Å². The van der Waals surface area contributed by atoms with Gasteiger partial charge in [0.15, 0.2) is 0 Å². The van der Waals surface area contributed by atoms with Crippen molar-refractivity contribution >= 4 is 16.9 Å². The van der Waals surface area contributed by atoms with Crippen molar-refractivity contribution in [3.8, 4) is 0 Å². The summed E-state index contributed by atoms with van der Waals surface area (Å²) in [6.45, 7) is 6.52. The van der Waals surface area contributed by atoms with Crippen molar-refractivity contribution in [3.63, 3.8) is 0 Å². The zero-order valence-electron chi connectivity index (χ0n) is 17.6. The quantitative estimate of drug-likeness (QED) is 0.298. The SMILES string of the molecule is CCCCCCCC(CC)c1cccc2c1c(C(=O)OC)c(C(F)F)n2CC. The molecule has 0 spiro atoms. The number of nitrogens with zero attached hydrogens (tertiary/aromatic N) is 1. The van der Waals surface area contributed by atoms with Gasteiger partial charge in [0.2, 0.25) is 0 Å². The summed E-state index contributed by atoms with van der Waals surface area (Å²) < 4.78 is 34.3. The average molecular weight is 394 g/mol. The summed E-state index contributed by atoms with van der Waals surface area (Å²) in [5, 5.41) is 0.645. The van der Waals surface area contributed by atoms with Crippen LogP contribution in [0.3, 0.4) is 0 Å². The zero-order valence-corrected chi connectivity index (χ0v) is 17.6. The van der Waals surface area contributed by atoms with Gasteiger partial charge in [-0.3, -0.25) is 0 Å². The number of rotatable bonds is 11. The Bertz CT molecular complexity index is 782. The average Bonchev–Trinajstić information content (AvgIpc) is 3.05. The lowest BCUT2D eigenvalue weighted by Gasteiger charge is -2.17. The van der Waals surface area contributed by atoms with E-state index in [1.165, 1.54) is 32.8 Å². The van der Waals surface area contributed by atoms with E-state index in [1.54, 1.807) is 4.57 Å². The minimum Gasteiger partial charge on any atom is -0.465 e. The highest BCUT2D eigenvalue weighted by Crippen LogP contribution is 2.39. The van der Waals surface area contributed by atoms with Gasteiger partial charge in [-0.2, -0.15) is 0 Å². The van der Waals surface area contributed by atoms with Gasteiger partial charge in [-0.05, 0) is 37.3 Å². The topological polar surface area (TPSA) is 31.2 Å². The Balaban J connectivity index is 2.55. The molecule has 0 N–H and O–H groups in total.